The first-order valence-corrected chi connectivity index (χ1v) is 6.66. The van der Waals surface area contributed by atoms with E-state index in [1.54, 1.807) is 12.2 Å². The Hall–Kier alpha value is -2.14. The van der Waals surface area contributed by atoms with E-state index in [0.717, 1.165) is 17.0 Å². The Kier molecular flexibility index (Phi) is 6.46. The molecular weight excluding hydrogens is 268 g/mol. The third-order valence-corrected chi connectivity index (χ3v) is 2.98. The van der Waals surface area contributed by atoms with Crippen LogP contribution in [0.1, 0.15) is 12.5 Å². The third kappa shape index (κ3) is 4.85. The minimum atomic E-state index is 0.541. The zero-order valence-electron chi connectivity index (χ0n) is 11.7. The fraction of sp³-hybridized carbons (Fsp3) is 0.200. The first kappa shape index (κ1) is 15.9. The monoisotopic (exact) mass is 288 g/mol. The highest BCUT2D eigenvalue weighted by Gasteiger charge is 2.05. The van der Waals surface area contributed by atoms with Crippen molar-refractivity contribution in [3.05, 3.63) is 55.1 Å². The molecule has 0 amide bonds. The average Bonchev–Trinajstić information content (AvgIpc) is 2.45. The Morgan fingerprint density at radius 3 is 2.35 bits per heavy atom. The molecule has 0 bridgehead atoms. The minimum Gasteiger partial charge on any atom is -0.399 e. The Balaban J connectivity index is 2.69. The van der Waals surface area contributed by atoms with Crippen molar-refractivity contribution in [2.45, 2.75) is 6.92 Å². The number of hydrazone groups is 1. The van der Waals surface area contributed by atoms with Gasteiger partial charge in [-0.05, 0) is 36.8 Å². The number of benzene rings is 1. The van der Waals surface area contributed by atoms with E-state index in [1.807, 2.05) is 36.1 Å². The summed E-state index contributed by atoms with van der Waals surface area (Å²) in [7, 11) is 0. The Bertz CT molecular complexity index is 495. The van der Waals surface area contributed by atoms with Crippen LogP contribution in [0.5, 0.6) is 0 Å². The lowest BCUT2D eigenvalue weighted by molar-refractivity contribution is 0.504. The van der Waals surface area contributed by atoms with Crippen LogP contribution in [0.4, 0.5) is 5.69 Å². The number of hydrogen-bond donors (Lipinski definition) is 2. The first-order valence-electron chi connectivity index (χ1n) is 6.25. The molecule has 0 aliphatic heterocycles. The lowest BCUT2D eigenvalue weighted by atomic mass is 10.1. The molecule has 5 heteroatoms. The zero-order chi connectivity index (χ0) is 15.0. The largest absolute Gasteiger partial charge is 0.399 e. The second-order valence-corrected chi connectivity index (χ2v) is 4.61. The molecule has 0 saturated carbocycles. The van der Waals surface area contributed by atoms with Gasteiger partial charge in [-0.2, -0.15) is 5.10 Å². The molecule has 1 rings (SSSR count). The van der Waals surface area contributed by atoms with Crippen molar-refractivity contribution < 1.29 is 0 Å². The summed E-state index contributed by atoms with van der Waals surface area (Å²) in [5, 5.41) is 4.83. The minimum absolute atomic E-state index is 0.541. The van der Waals surface area contributed by atoms with Crippen LogP contribution in [0.3, 0.4) is 0 Å². The van der Waals surface area contributed by atoms with Crippen LogP contribution in [0, 0.1) is 0 Å². The summed E-state index contributed by atoms with van der Waals surface area (Å²) in [5.74, 6) is 0. The fourth-order valence-corrected chi connectivity index (χ4v) is 1.74. The van der Waals surface area contributed by atoms with Crippen LogP contribution in [-0.4, -0.2) is 28.8 Å². The molecular formula is C15H20N4S. The molecule has 0 unspecified atom stereocenters. The van der Waals surface area contributed by atoms with Gasteiger partial charge in [0.2, 0.25) is 0 Å². The van der Waals surface area contributed by atoms with Gasteiger partial charge in [-0.1, -0.05) is 24.3 Å². The summed E-state index contributed by atoms with van der Waals surface area (Å²) in [6, 6.07) is 7.52. The van der Waals surface area contributed by atoms with Crippen molar-refractivity contribution in [3.8, 4) is 0 Å². The summed E-state index contributed by atoms with van der Waals surface area (Å²) in [6.45, 7) is 10.6. The molecule has 1 aromatic rings. The quantitative estimate of drug-likeness (QED) is 0.278. The summed E-state index contributed by atoms with van der Waals surface area (Å²) in [6.07, 6.45) is 3.57. The molecule has 0 radical (unpaired) electrons. The summed E-state index contributed by atoms with van der Waals surface area (Å²) >= 11 is 5.29. The van der Waals surface area contributed by atoms with Gasteiger partial charge in [0.15, 0.2) is 5.11 Å². The van der Waals surface area contributed by atoms with Crippen LogP contribution in [0.15, 0.2) is 54.7 Å². The maximum atomic E-state index is 5.65. The molecule has 0 saturated heterocycles. The van der Waals surface area contributed by atoms with Crippen LogP contribution < -0.4 is 11.2 Å². The second-order valence-electron chi connectivity index (χ2n) is 4.22. The molecule has 0 aromatic heterocycles. The Labute approximate surface area is 125 Å². The highest BCUT2D eigenvalue weighted by Crippen LogP contribution is 2.06. The second kappa shape index (κ2) is 8.12. The summed E-state index contributed by atoms with van der Waals surface area (Å²) in [4.78, 5) is 1.91. The number of thiocarbonyl (C=S) groups is 1. The molecule has 0 spiro atoms. The molecule has 3 N–H and O–H groups in total. The predicted octanol–water partition coefficient (Wildman–Crippen LogP) is 2.54. The lowest BCUT2D eigenvalue weighted by Crippen LogP contribution is -2.38. The van der Waals surface area contributed by atoms with Gasteiger partial charge in [0.1, 0.15) is 0 Å². The average molecular weight is 288 g/mol. The number of nitrogens with one attached hydrogen (secondary N) is 1. The number of rotatable bonds is 6. The van der Waals surface area contributed by atoms with Gasteiger partial charge in [0.25, 0.3) is 0 Å². The van der Waals surface area contributed by atoms with Crippen molar-refractivity contribution >= 4 is 28.7 Å². The van der Waals surface area contributed by atoms with E-state index in [2.05, 4.69) is 23.7 Å². The number of nitrogens with zero attached hydrogens (tertiary/aromatic N) is 2. The summed E-state index contributed by atoms with van der Waals surface area (Å²) in [5.41, 5.74) is 11.1. The smallest absolute Gasteiger partial charge is 0.190 e. The molecule has 4 nitrogen and oxygen atoms in total. The van der Waals surface area contributed by atoms with Gasteiger partial charge in [-0.3, -0.25) is 5.43 Å². The molecule has 0 fully saturated rings. The number of nitrogen functional groups attached to an aromatic ring is 1. The van der Waals surface area contributed by atoms with Crippen molar-refractivity contribution in [1.82, 2.24) is 10.3 Å². The SMILES string of the molecule is C=CCN(CC=C)C(=S)N/N=C(/C)c1ccc(N)cc1. The van der Waals surface area contributed by atoms with Gasteiger partial charge in [0, 0.05) is 18.8 Å². The lowest BCUT2D eigenvalue weighted by Gasteiger charge is -2.21. The molecule has 20 heavy (non-hydrogen) atoms. The van der Waals surface area contributed by atoms with E-state index < -0.39 is 0 Å². The summed E-state index contributed by atoms with van der Waals surface area (Å²) < 4.78 is 0. The van der Waals surface area contributed by atoms with E-state index in [-0.39, 0.29) is 0 Å². The van der Waals surface area contributed by atoms with Crippen molar-refractivity contribution in [3.63, 3.8) is 0 Å². The fourth-order valence-electron chi connectivity index (χ4n) is 1.54. The van der Waals surface area contributed by atoms with Gasteiger partial charge in [0.05, 0.1) is 5.71 Å². The van der Waals surface area contributed by atoms with Crippen molar-refractivity contribution in [1.29, 1.82) is 0 Å². The van der Waals surface area contributed by atoms with E-state index in [0.29, 0.717) is 18.2 Å². The van der Waals surface area contributed by atoms with Gasteiger partial charge in [-0.25, -0.2) is 0 Å². The van der Waals surface area contributed by atoms with Crippen LogP contribution in [0.2, 0.25) is 0 Å². The van der Waals surface area contributed by atoms with E-state index >= 15 is 0 Å². The third-order valence-electron chi connectivity index (χ3n) is 2.63. The molecule has 1 aromatic carbocycles. The Morgan fingerprint density at radius 1 is 1.30 bits per heavy atom. The molecule has 0 aliphatic carbocycles. The number of hydrogen-bond acceptors (Lipinski definition) is 3. The highest BCUT2D eigenvalue weighted by molar-refractivity contribution is 7.80. The Morgan fingerprint density at radius 2 is 1.85 bits per heavy atom. The number of nitrogens with two attached hydrogens (primary N) is 1. The predicted molar refractivity (Wildman–Crippen MR) is 90.8 cm³/mol. The maximum absolute atomic E-state index is 5.65. The molecule has 0 aliphatic rings. The van der Waals surface area contributed by atoms with E-state index in [9.17, 15) is 0 Å². The molecule has 106 valence electrons. The van der Waals surface area contributed by atoms with Crippen LogP contribution in [0.25, 0.3) is 0 Å². The van der Waals surface area contributed by atoms with Gasteiger partial charge in [-0.15, -0.1) is 13.2 Å². The normalized spacial score (nSPS) is 10.8. The standard InChI is InChI=1S/C15H20N4S/c1-4-10-19(11-5-2)15(20)18-17-12(3)13-6-8-14(16)9-7-13/h4-9H,1-2,10-11,16H2,3H3,(H,18,20)/b17-12-. The first-order chi connectivity index (χ1) is 9.58. The zero-order valence-corrected chi connectivity index (χ0v) is 12.5. The van der Waals surface area contributed by atoms with Gasteiger partial charge >= 0.3 is 0 Å². The van der Waals surface area contributed by atoms with Gasteiger partial charge < -0.3 is 10.6 Å². The highest BCUT2D eigenvalue weighted by atomic mass is 32.1. The van der Waals surface area contributed by atoms with Crippen molar-refractivity contribution in [2.24, 2.45) is 5.10 Å². The molecule has 0 atom stereocenters. The van der Waals surface area contributed by atoms with Crippen LogP contribution in [-0.2, 0) is 0 Å². The van der Waals surface area contributed by atoms with E-state index in [4.69, 9.17) is 18.0 Å². The maximum Gasteiger partial charge on any atom is 0.190 e. The van der Waals surface area contributed by atoms with Crippen LogP contribution >= 0.6 is 12.2 Å². The number of anilines is 1. The molecule has 0 heterocycles. The van der Waals surface area contributed by atoms with E-state index in [1.165, 1.54) is 0 Å². The van der Waals surface area contributed by atoms with Crippen molar-refractivity contribution in [2.75, 3.05) is 18.8 Å². The topological polar surface area (TPSA) is 53.6 Å².